The summed E-state index contributed by atoms with van der Waals surface area (Å²) in [6.45, 7) is 0.960. The number of hydrogen-bond acceptors (Lipinski definition) is 4. The van der Waals surface area contributed by atoms with Crippen LogP contribution in [0.25, 0.3) is 0 Å². The van der Waals surface area contributed by atoms with Gasteiger partial charge in [-0.15, -0.1) is 0 Å². The molecule has 124 valence electrons. The third-order valence-electron chi connectivity index (χ3n) is 4.80. The van der Waals surface area contributed by atoms with Crippen LogP contribution >= 0.6 is 11.6 Å². The van der Waals surface area contributed by atoms with Crippen molar-refractivity contribution in [3.05, 3.63) is 63.7 Å². The standard InChI is InChI=1S/C18H17ClN2O3/c19-13-5-6-15(22)16-12(13)7-8-20-14(16)9-21-17(23)10-3-1-2-4-11(10)18(21)24/h1-6,14,17,20,22-23H,7-9H2. The fourth-order valence-electron chi connectivity index (χ4n) is 3.63. The number of halogens is 1. The Morgan fingerprint density at radius 3 is 2.83 bits per heavy atom. The molecule has 6 heteroatoms. The Balaban J connectivity index is 1.67. The predicted octanol–water partition coefficient (Wildman–Crippen LogP) is 2.38. The molecule has 0 spiro atoms. The van der Waals surface area contributed by atoms with Crippen LogP contribution in [0.15, 0.2) is 36.4 Å². The molecule has 2 aliphatic rings. The Morgan fingerprint density at radius 1 is 1.25 bits per heavy atom. The SMILES string of the molecule is O=C1c2ccccc2C(O)N1CC1NCCc2c(Cl)ccc(O)c21. The molecule has 2 unspecified atom stereocenters. The summed E-state index contributed by atoms with van der Waals surface area (Å²) in [6, 6.07) is 10.0. The molecule has 5 nitrogen and oxygen atoms in total. The van der Waals surface area contributed by atoms with Crippen molar-refractivity contribution in [1.82, 2.24) is 10.2 Å². The lowest BCUT2D eigenvalue weighted by atomic mass is 9.93. The molecular weight excluding hydrogens is 328 g/mol. The minimum absolute atomic E-state index is 0.158. The van der Waals surface area contributed by atoms with Gasteiger partial charge in [0.1, 0.15) is 5.75 Å². The highest BCUT2D eigenvalue weighted by Crippen LogP contribution is 2.38. The first kappa shape index (κ1) is 15.4. The van der Waals surface area contributed by atoms with Crippen molar-refractivity contribution in [2.75, 3.05) is 13.1 Å². The van der Waals surface area contributed by atoms with E-state index in [4.69, 9.17) is 11.6 Å². The lowest BCUT2D eigenvalue weighted by molar-refractivity contribution is 0.0129. The third-order valence-corrected chi connectivity index (χ3v) is 5.15. The summed E-state index contributed by atoms with van der Waals surface area (Å²) in [5, 5.41) is 24.7. The molecule has 2 atom stereocenters. The van der Waals surface area contributed by atoms with Gasteiger partial charge in [0.25, 0.3) is 5.91 Å². The minimum Gasteiger partial charge on any atom is -0.508 e. The van der Waals surface area contributed by atoms with Crippen molar-refractivity contribution in [3.63, 3.8) is 0 Å². The van der Waals surface area contributed by atoms with Gasteiger partial charge in [-0.05, 0) is 36.7 Å². The maximum Gasteiger partial charge on any atom is 0.256 e. The van der Waals surface area contributed by atoms with E-state index in [0.29, 0.717) is 28.3 Å². The number of rotatable bonds is 2. The summed E-state index contributed by atoms with van der Waals surface area (Å²) in [5.74, 6) is -0.0428. The second-order valence-electron chi connectivity index (χ2n) is 6.13. The molecule has 2 aromatic rings. The number of nitrogens with one attached hydrogen (secondary N) is 1. The Hall–Kier alpha value is -2.08. The number of benzene rings is 2. The third kappa shape index (κ3) is 2.28. The molecule has 0 saturated heterocycles. The van der Waals surface area contributed by atoms with E-state index in [2.05, 4.69) is 5.32 Å². The van der Waals surface area contributed by atoms with E-state index in [1.54, 1.807) is 36.4 Å². The van der Waals surface area contributed by atoms with Crippen molar-refractivity contribution in [2.45, 2.75) is 18.7 Å². The summed E-state index contributed by atoms with van der Waals surface area (Å²) in [4.78, 5) is 14.0. The van der Waals surface area contributed by atoms with Crippen LogP contribution in [0, 0.1) is 0 Å². The number of fused-ring (bicyclic) bond motifs is 2. The van der Waals surface area contributed by atoms with Crippen LogP contribution in [0.2, 0.25) is 5.02 Å². The van der Waals surface area contributed by atoms with Crippen LogP contribution < -0.4 is 5.32 Å². The van der Waals surface area contributed by atoms with Gasteiger partial charge in [-0.1, -0.05) is 29.8 Å². The van der Waals surface area contributed by atoms with Crippen molar-refractivity contribution < 1.29 is 15.0 Å². The highest BCUT2D eigenvalue weighted by Gasteiger charge is 2.38. The first-order valence-corrected chi connectivity index (χ1v) is 8.27. The normalized spacial score (nSPS) is 22.4. The Bertz CT molecular complexity index is 824. The number of phenols is 1. The number of aromatic hydroxyl groups is 1. The van der Waals surface area contributed by atoms with Crippen LogP contribution in [0.1, 0.15) is 39.3 Å². The lowest BCUT2D eigenvalue weighted by Crippen LogP contribution is -2.40. The van der Waals surface area contributed by atoms with E-state index >= 15 is 0 Å². The number of hydrogen-bond donors (Lipinski definition) is 3. The fourth-order valence-corrected chi connectivity index (χ4v) is 3.89. The zero-order valence-electron chi connectivity index (χ0n) is 12.9. The number of nitrogens with zero attached hydrogens (tertiary/aromatic N) is 1. The molecule has 0 bridgehead atoms. The monoisotopic (exact) mass is 344 g/mol. The Labute approximate surface area is 144 Å². The van der Waals surface area contributed by atoms with Crippen LogP contribution in [-0.4, -0.2) is 34.1 Å². The molecule has 0 fully saturated rings. The first-order valence-electron chi connectivity index (χ1n) is 7.89. The minimum atomic E-state index is -0.970. The fraction of sp³-hybridized carbons (Fsp3) is 0.278. The molecule has 4 rings (SSSR count). The predicted molar refractivity (Wildman–Crippen MR) is 90.0 cm³/mol. The first-order chi connectivity index (χ1) is 11.6. The van der Waals surface area contributed by atoms with E-state index in [1.807, 2.05) is 0 Å². The lowest BCUT2D eigenvalue weighted by Gasteiger charge is -2.32. The molecule has 1 amide bonds. The number of phenolic OH excluding ortho intramolecular Hbond substituents is 1. The number of carbonyl (C=O) groups is 1. The highest BCUT2D eigenvalue weighted by atomic mass is 35.5. The second kappa shape index (κ2) is 5.77. The number of aliphatic hydroxyl groups is 1. The molecule has 2 aliphatic heterocycles. The van der Waals surface area contributed by atoms with Crippen LogP contribution in [0.5, 0.6) is 5.75 Å². The quantitative estimate of drug-likeness (QED) is 0.782. The highest BCUT2D eigenvalue weighted by molar-refractivity contribution is 6.31. The Morgan fingerprint density at radius 2 is 2.04 bits per heavy atom. The van der Waals surface area contributed by atoms with Gasteiger partial charge < -0.3 is 20.4 Å². The van der Waals surface area contributed by atoms with Gasteiger partial charge in [-0.2, -0.15) is 0 Å². The molecule has 0 aliphatic carbocycles. The summed E-state index contributed by atoms with van der Waals surface area (Å²) in [6.07, 6.45) is -0.252. The van der Waals surface area contributed by atoms with Gasteiger partial charge in [0, 0.05) is 28.3 Å². The molecule has 0 radical (unpaired) electrons. The van der Waals surface area contributed by atoms with Gasteiger partial charge in [0.2, 0.25) is 0 Å². The van der Waals surface area contributed by atoms with Crippen molar-refractivity contribution in [3.8, 4) is 5.75 Å². The van der Waals surface area contributed by atoms with E-state index < -0.39 is 6.23 Å². The van der Waals surface area contributed by atoms with Crippen LogP contribution in [-0.2, 0) is 6.42 Å². The zero-order valence-corrected chi connectivity index (χ0v) is 13.6. The second-order valence-corrected chi connectivity index (χ2v) is 6.54. The molecule has 2 aromatic carbocycles. The van der Waals surface area contributed by atoms with E-state index in [-0.39, 0.29) is 24.2 Å². The largest absolute Gasteiger partial charge is 0.508 e. The number of aliphatic hydroxyl groups excluding tert-OH is 1. The Kier molecular flexibility index (Phi) is 3.72. The van der Waals surface area contributed by atoms with Crippen LogP contribution in [0.4, 0.5) is 0 Å². The zero-order chi connectivity index (χ0) is 16.8. The van der Waals surface area contributed by atoms with E-state index in [9.17, 15) is 15.0 Å². The summed E-state index contributed by atoms with van der Waals surface area (Å²) in [5.41, 5.74) is 2.76. The smallest absolute Gasteiger partial charge is 0.256 e. The molecule has 0 aromatic heterocycles. The summed E-state index contributed by atoms with van der Waals surface area (Å²) in [7, 11) is 0. The molecule has 0 saturated carbocycles. The molecule has 24 heavy (non-hydrogen) atoms. The number of amides is 1. The van der Waals surface area contributed by atoms with Gasteiger partial charge in [-0.3, -0.25) is 4.79 Å². The number of carbonyl (C=O) groups excluding carboxylic acids is 1. The average Bonchev–Trinajstić information content (AvgIpc) is 2.84. The maximum atomic E-state index is 12.6. The van der Waals surface area contributed by atoms with Crippen molar-refractivity contribution >= 4 is 17.5 Å². The molecule has 3 N–H and O–H groups in total. The van der Waals surface area contributed by atoms with Gasteiger partial charge in [0.15, 0.2) is 6.23 Å². The van der Waals surface area contributed by atoms with E-state index in [1.165, 1.54) is 4.90 Å². The topological polar surface area (TPSA) is 72.8 Å². The molecule has 2 heterocycles. The van der Waals surface area contributed by atoms with Gasteiger partial charge in [-0.25, -0.2) is 0 Å². The summed E-state index contributed by atoms with van der Waals surface area (Å²) >= 11 is 6.26. The molecular formula is C18H17ClN2O3. The summed E-state index contributed by atoms with van der Waals surface area (Å²) < 4.78 is 0. The van der Waals surface area contributed by atoms with Crippen molar-refractivity contribution in [1.29, 1.82) is 0 Å². The van der Waals surface area contributed by atoms with E-state index in [0.717, 1.165) is 12.0 Å². The van der Waals surface area contributed by atoms with Gasteiger partial charge in [0.05, 0.1) is 6.04 Å². The van der Waals surface area contributed by atoms with Crippen LogP contribution in [0.3, 0.4) is 0 Å². The van der Waals surface area contributed by atoms with Gasteiger partial charge >= 0.3 is 0 Å². The average molecular weight is 345 g/mol. The van der Waals surface area contributed by atoms with Crippen molar-refractivity contribution in [2.24, 2.45) is 0 Å². The maximum absolute atomic E-state index is 12.6.